The van der Waals surface area contributed by atoms with E-state index in [4.69, 9.17) is 4.74 Å². The molecular formula is C18H23F3N4O2. The Kier molecular flexibility index (Phi) is 5.69. The van der Waals surface area contributed by atoms with Gasteiger partial charge >= 0.3 is 6.18 Å². The van der Waals surface area contributed by atoms with Crippen LogP contribution in [0.25, 0.3) is 10.9 Å². The van der Waals surface area contributed by atoms with Gasteiger partial charge in [0.25, 0.3) is 0 Å². The molecule has 148 valence electrons. The number of aliphatic hydroxyl groups is 1. The lowest BCUT2D eigenvalue weighted by molar-refractivity contribution is -0.136. The van der Waals surface area contributed by atoms with Crippen molar-refractivity contribution in [3.05, 3.63) is 18.0 Å². The molecule has 0 bridgehead atoms. The molecule has 0 saturated heterocycles. The number of nitrogens with zero attached hydrogens (tertiary/aromatic N) is 3. The Bertz CT molecular complexity index is 792. The Balaban J connectivity index is 1.93. The van der Waals surface area contributed by atoms with Crippen molar-refractivity contribution >= 4 is 16.9 Å². The van der Waals surface area contributed by atoms with E-state index < -0.39 is 18.6 Å². The molecule has 2 heterocycles. The third-order valence-corrected chi connectivity index (χ3v) is 4.86. The molecule has 1 aliphatic carbocycles. The summed E-state index contributed by atoms with van der Waals surface area (Å²) >= 11 is 0. The molecule has 9 heteroatoms. The largest absolute Gasteiger partial charge is 0.480 e. The number of fused-ring (bicyclic) bond motifs is 1. The highest BCUT2D eigenvalue weighted by Gasteiger charge is 2.30. The van der Waals surface area contributed by atoms with Crippen molar-refractivity contribution in [2.24, 2.45) is 0 Å². The molecule has 1 saturated carbocycles. The first-order valence-corrected chi connectivity index (χ1v) is 8.98. The van der Waals surface area contributed by atoms with Crippen molar-refractivity contribution in [1.29, 1.82) is 0 Å². The standard InChI is InChI=1S/C18H23F3N4O2/c1-10(7-18(19,20)21)24-17-23-9-14-15(25-17)13(8-22-16(14)27-2)11-3-5-12(26)6-4-11/h8-12,26H,3-7H2,1-2H3,(H,23,24,25)/t10-,11-,12-/m0/s1. The number of aliphatic hydroxyl groups excluding tert-OH is 1. The van der Waals surface area contributed by atoms with Crippen molar-refractivity contribution in [2.45, 2.75) is 63.3 Å². The fraction of sp³-hybridized carbons (Fsp3) is 0.611. The minimum absolute atomic E-state index is 0.143. The van der Waals surface area contributed by atoms with E-state index in [0.29, 0.717) is 29.6 Å². The molecule has 0 aliphatic heterocycles. The van der Waals surface area contributed by atoms with Crippen molar-refractivity contribution in [3.8, 4) is 5.88 Å². The molecule has 0 spiro atoms. The molecule has 2 aromatic heterocycles. The number of pyridine rings is 1. The zero-order valence-corrected chi connectivity index (χ0v) is 15.3. The van der Waals surface area contributed by atoms with E-state index >= 15 is 0 Å². The van der Waals surface area contributed by atoms with Gasteiger partial charge in [-0.25, -0.2) is 15.0 Å². The number of alkyl halides is 3. The van der Waals surface area contributed by atoms with Crippen molar-refractivity contribution in [3.63, 3.8) is 0 Å². The lowest BCUT2D eigenvalue weighted by Crippen LogP contribution is -2.25. The van der Waals surface area contributed by atoms with E-state index in [1.165, 1.54) is 20.2 Å². The van der Waals surface area contributed by atoms with Crippen molar-refractivity contribution in [1.82, 2.24) is 15.0 Å². The highest BCUT2D eigenvalue weighted by Crippen LogP contribution is 2.37. The molecule has 0 unspecified atom stereocenters. The van der Waals surface area contributed by atoms with Crippen LogP contribution in [0.1, 0.15) is 50.5 Å². The van der Waals surface area contributed by atoms with Gasteiger partial charge < -0.3 is 15.2 Å². The summed E-state index contributed by atoms with van der Waals surface area (Å²) in [4.78, 5) is 12.9. The maximum atomic E-state index is 12.6. The van der Waals surface area contributed by atoms with Crippen LogP contribution in [-0.2, 0) is 0 Å². The highest BCUT2D eigenvalue weighted by molar-refractivity contribution is 5.86. The van der Waals surface area contributed by atoms with Gasteiger partial charge in [0.1, 0.15) is 0 Å². The zero-order chi connectivity index (χ0) is 19.6. The van der Waals surface area contributed by atoms with E-state index in [2.05, 4.69) is 20.3 Å². The van der Waals surface area contributed by atoms with Gasteiger partial charge in [-0.2, -0.15) is 13.2 Å². The topological polar surface area (TPSA) is 80.2 Å². The third-order valence-electron chi connectivity index (χ3n) is 4.86. The molecule has 0 radical (unpaired) electrons. The molecule has 2 N–H and O–H groups in total. The molecule has 0 aromatic carbocycles. The Morgan fingerprint density at radius 2 is 1.93 bits per heavy atom. The van der Waals surface area contributed by atoms with Crippen LogP contribution in [0.15, 0.2) is 12.4 Å². The first-order valence-electron chi connectivity index (χ1n) is 8.98. The van der Waals surface area contributed by atoms with Crippen LogP contribution < -0.4 is 10.1 Å². The summed E-state index contributed by atoms with van der Waals surface area (Å²) in [5, 5.41) is 13.1. The molecule has 2 aromatic rings. The van der Waals surface area contributed by atoms with Gasteiger partial charge in [0.15, 0.2) is 0 Å². The van der Waals surface area contributed by atoms with Gasteiger partial charge in [-0.15, -0.1) is 0 Å². The normalized spacial score (nSPS) is 21.9. The summed E-state index contributed by atoms with van der Waals surface area (Å²) in [7, 11) is 1.50. The van der Waals surface area contributed by atoms with Gasteiger partial charge in [-0.1, -0.05) is 0 Å². The van der Waals surface area contributed by atoms with E-state index in [-0.39, 0.29) is 18.0 Å². The number of nitrogens with one attached hydrogen (secondary N) is 1. The van der Waals surface area contributed by atoms with E-state index in [9.17, 15) is 18.3 Å². The summed E-state index contributed by atoms with van der Waals surface area (Å²) in [5.41, 5.74) is 1.53. The third kappa shape index (κ3) is 4.77. The number of ether oxygens (including phenoxy) is 1. The molecule has 6 nitrogen and oxygen atoms in total. The Morgan fingerprint density at radius 1 is 1.22 bits per heavy atom. The van der Waals surface area contributed by atoms with Crippen LogP contribution in [0, 0.1) is 0 Å². The second-order valence-electron chi connectivity index (χ2n) is 7.05. The van der Waals surface area contributed by atoms with Crippen LogP contribution in [0.2, 0.25) is 0 Å². The number of aromatic nitrogens is 3. The minimum atomic E-state index is -4.26. The lowest BCUT2D eigenvalue weighted by Gasteiger charge is -2.26. The molecule has 1 aliphatic rings. The first kappa shape index (κ1) is 19.6. The number of hydrogen-bond acceptors (Lipinski definition) is 6. The lowest BCUT2D eigenvalue weighted by atomic mass is 9.83. The smallest absolute Gasteiger partial charge is 0.391 e. The predicted octanol–water partition coefficient (Wildman–Crippen LogP) is 3.80. The fourth-order valence-electron chi connectivity index (χ4n) is 3.55. The van der Waals surface area contributed by atoms with E-state index in [1.54, 1.807) is 6.20 Å². The second-order valence-corrected chi connectivity index (χ2v) is 7.05. The van der Waals surface area contributed by atoms with Gasteiger partial charge in [0.2, 0.25) is 11.8 Å². The molecule has 27 heavy (non-hydrogen) atoms. The van der Waals surface area contributed by atoms with Gasteiger partial charge in [-0.3, -0.25) is 0 Å². The monoisotopic (exact) mass is 384 g/mol. The molecule has 0 amide bonds. The van der Waals surface area contributed by atoms with Crippen LogP contribution in [0.5, 0.6) is 5.88 Å². The Labute approximate surface area is 155 Å². The Morgan fingerprint density at radius 3 is 2.56 bits per heavy atom. The number of halogens is 3. The van der Waals surface area contributed by atoms with Crippen molar-refractivity contribution in [2.75, 3.05) is 12.4 Å². The molecular weight excluding hydrogens is 361 g/mol. The summed E-state index contributed by atoms with van der Waals surface area (Å²) in [5.74, 6) is 0.703. The maximum Gasteiger partial charge on any atom is 0.391 e. The number of rotatable bonds is 5. The highest BCUT2D eigenvalue weighted by atomic mass is 19.4. The summed E-state index contributed by atoms with van der Waals surface area (Å²) in [6.45, 7) is 1.44. The molecule has 1 fully saturated rings. The SMILES string of the molecule is COc1ncc([C@H]2CC[C@H](O)CC2)c2nc(N[C@@H](C)CC(F)(F)F)ncc12. The average Bonchev–Trinajstić information content (AvgIpc) is 2.60. The Hall–Kier alpha value is -2.16. The molecule has 3 rings (SSSR count). The number of hydrogen-bond donors (Lipinski definition) is 2. The second kappa shape index (κ2) is 7.84. The number of methoxy groups -OCH3 is 1. The van der Waals surface area contributed by atoms with Crippen LogP contribution in [0.4, 0.5) is 19.1 Å². The van der Waals surface area contributed by atoms with E-state index in [1.807, 2.05) is 0 Å². The van der Waals surface area contributed by atoms with E-state index in [0.717, 1.165) is 18.4 Å². The molecule has 1 atom stereocenters. The van der Waals surface area contributed by atoms with Gasteiger partial charge in [0.05, 0.1) is 30.5 Å². The quantitative estimate of drug-likeness (QED) is 0.816. The predicted molar refractivity (Wildman–Crippen MR) is 94.9 cm³/mol. The van der Waals surface area contributed by atoms with Gasteiger partial charge in [-0.05, 0) is 38.5 Å². The fourth-order valence-corrected chi connectivity index (χ4v) is 3.55. The van der Waals surface area contributed by atoms with Gasteiger partial charge in [0, 0.05) is 24.0 Å². The van der Waals surface area contributed by atoms with Crippen LogP contribution in [-0.4, -0.2) is 45.5 Å². The van der Waals surface area contributed by atoms with Crippen LogP contribution >= 0.6 is 0 Å². The number of anilines is 1. The summed E-state index contributed by atoms with van der Waals surface area (Å²) in [6.07, 6.45) is 0.745. The van der Waals surface area contributed by atoms with Crippen molar-refractivity contribution < 1.29 is 23.0 Å². The summed E-state index contributed by atoms with van der Waals surface area (Å²) in [6, 6.07) is -0.848. The first-order chi connectivity index (χ1) is 12.8. The summed E-state index contributed by atoms with van der Waals surface area (Å²) < 4.78 is 43.0. The zero-order valence-electron chi connectivity index (χ0n) is 15.3. The van der Waals surface area contributed by atoms with Crippen LogP contribution in [0.3, 0.4) is 0 Å². The average molecular weight is 384 g/mol. The maximum absolute atomic E-state index is 12.6. The minimum Gasteiger partial charge on any atom is -0.480 e.